The molecule has 3 rings (SSSR count). The maximum Gasteiger partial charge on any atom is 0.573 e. The molecule has 0 amide bonds. The molecule has 8 heteroatoms. The second kappa shape index (κ2) is 5.53. The standard InChI is InChI=1S/C14H9BrF3N3O/c15-8-1-6-11-12(7-8)21-13(20-11)19-9-2-4-10(5-3-9)22-14(16,17)18/h1-7H,(H2,19,20,21). The lowest BCUT2D eigenvalue weighted by atomic mass is 10.3. The molecule has 0 saturated heterocycles. The number of hydrogen-bond donors (Lipinski definition) is 2. The second-order valence-corrected chi connectivity index (χ2v) is 5.36. The van der Waals surface area contributed by atoms with E-state index in [9.17, 15) is 13.2 Å². The Labute approximate surface area is 131 Å². The van der Waals surface area contributed by atoms with Crippen LogP contribution in [0.4, 0.5) is 24.8 Å². The van der Waals surface area contributed by atoms with Gasteiger partial charge in [-0.25, -0.2) is 4.98 Å². The van der Waals surface area contributed by atoms with Crippen molar-refractivity contribution in [1.29, 1.82) is 0 Å². The Balaban J connectivity index is 1.77. The van der Waals surface area contributed by atoms with E-state index in [1.54, 1.807) is 0 Å². The lowest BCUT2D eigenvalue weighted by Crippen LogP contribution is -2.16. The number of ether oxygens (including phenoxy) is 1. The van der Waals surface area contributed by atoms with Gasteiger partial charge in [0.05, 0.1) is 11.0 Å². The Hall–Kier alpha value is -2.22. The first-order valence-corrected chi connectivity index (χ1v) is 6.96. The SMILES string of the molecule is FC(F)(F)Oc1ccc(Nc2nc3cc(Br)ccc3[nH]2)cc1. The number of benzene rings is 2. The number of rotatable bonds is 3. The minimum absolute atomic E-state index is 0.272. The van der Waals surface area contributed by atoms with Gasteiger partial charge in [-0.05, 0) is 42.5 Å². The molecule has 1 heterocycles. The van der Waals surface area contributed by atoms with Crippen LogP contribution in [0.2, 0.25) is 0 Å². The Bertz CT molecular complexity index is 799. The van der Waals surface area contributed by atoms with Crippen molar-refractivity contribution in [3.05, 3.63) is 46.9 Å². The first-order chi connectivity index (χ1) is 10.4. The van der Waals surface area contributed by atoms with Crippen LogP contribution < -0.4 is 10.1 Å². The van der Waals surface area contributed by atoms with Gasteiger partial charge in [0.1, 0.15) is 5.75 Å². The van der Waals surface area contributed by atoms with Crippen LogP contribution in [-0.2, 0) is 0 Å². The number of aromatic nitrogens is 2. The molecule has 1 aromatic heterocycles. The summed E-state index contributed by atoms with van der Waals surface area (Å²) in [5, 5.41) is 2.98. The molecule has 22 heavy (non-hydrogen) atoms. The zero-order chi connectivity index (χ0) is 15.7. The topological polar surface area (TPSA) is 49.9 Å². The molecule has 2 aromatic carbocycles. The highest BCUT2D eigenvalue weighted by Gasteiger charge is 2.30. The van der Waals surface area contributed by atoms with Gasteiger partial charge in [-0.3, -0.25) is 0 Å². The summed E-state index contributed by atoms with van der Waals surface area (Å²) in [6.45, 7) is 0. The van der Waals surface area contributed by atoms with Crippen LogP contribution in [0.5, 0.6) is 5.75 Å². The smallest absolute Gasteiger partial charge is 0.406 e. The second-order valence-electron chi connectivity index (χ2n) is 4.44. The average molecular weight is 372 g/mol. The molecule has 0 saturated carbocycles. The largest absolute Gasteiger partial charge is 0.573 e. The molecule has 0 unspecified atom stereocenters. The van der Waals surface area contributed by atoms with E-state index >= 15 is 0 Å². The summed E-state index contributed by atoms with van der Waals surface area (Å²) in [7, 11) is 0. The van der Waals surface area contributed by atoms with E-state index in [-0.39, 0.29) is 5.75 Å². The average Bonchev–Trinajstić information content (AvgIpc) is 2.80. The number of hydrogen-bond acceptors (Lipinski definition) is 3. The molecule has 114 valence electrons. The van der Waals surface area contributed by atoms with Gasteiger partial charge in [0.2, 0.25) is 5.95 Å². The Morgan fingerprint density at radius 2 is 1.82 bits per heavy atom. The highest BCUT2D eigenvalue weighted by atomic mass is 79.9. The molecule has 0 aliphatic rings. The fourth-order valence-electron chi connectivity index (χ4n) is 1.91. The van der Waals surface area contributed by atoms with Crippen LogP contribution in [0.3, 0.4) is 0 Å². The first-order valence-electron chi connectivity index (χ1n) is 6.17. The van der Waals surface area contributed by atoms with Crippen LogP contribution in [0.1, 0.15) is 0 Å². The molecule has 3 aromatic rings. The van der Waals surface area contributed by atoms with Gasteiger partial charge in [0, 0.05) is 10.2 Å². The van der Waals surface area contributed by atoms with Crippen LogP contribution in [-0.4, -0.2) is 16.3 Å². The maximum atomic E-state index is 12.1. The fraction of sp³-hybridized carbons (Fsp3) is 0.0714. The molecule has 0 radical (unpaired) electrons. The van der Waals surface area contributed by atoms with Crippen LogP contribution >= 0.6 is 15.9 Å². The molecule has 0 aliphatic carbocycles. The van der Waals surface area contributed by atoms with Crippen molar-refractivity contribution in [3.63, 3.8) is 0 Å². The molecule has 0 fully saturated rings. The number of nitrogens with zero attached hydrogens (tertiary/aromatic N) is 1. The monoisotopic (exact) mass is 371 g/mol. The van der Waals surface area contributed by atoms with Gasteiger partial charge in [-0.1, -0.05) is 15.9 Å². The molecule has 4 nitrogen and oxygen atoms in total. The van der Waals surface area contributed by atoms with Crippen molar-refractivity contribution >= 4 is 38.6 Å². The van der Waals surface area contributed by atoms with Crippen molar-refractivity contribution < 1.29 is 17.9 Å². The van der Waals surface area contributed by atoms with Gasteiger partial charge >= 0.3 is 6.36 Å². The maximum absolute atomic E-state index is 12.1. The third-order valence-corrected chi connectivity index (χ3v) is 3.29. The number of imidazole rings is 1. The van der Waals surface area contributed by atoms with Gasteiger partial charge < -0.3 is 15.0 Å². The van der Waals surface area contributed by atoms with E-state index in [0.29, 0.717) is 11.6 Å². The highest BCUT2D eigenvalue weighted by molar-refractivity contribution is 9.10. The van der Waals surface area contributed by atoms with Crippen LogP contribution in [0.25, 0.3) is 11.0 Å². The molecule has 2 N–H and O–H groups in total. The third-order valence-electron chi connectivity index (χ3n) is 2.80. The quantitative estimate of drug-likeness (QED) is 0.683. The number of fused-ring (bicyclic) bond motifs is 1. The molecular formula is C14H9BrF3N3O. The van der Waals surface area contributed by atoms with Crippen LogP contribution in [0.15, 0.2) is 46.9 Å². The van der Waals surface area contributed by atoms with Crippen molar-refractivity contribution in [3.8, 4) is 5.75 Å². The molecular weight excluding hydrogens is 363 g/mol. The first kappa shape index (κ1) is 14.7. The minimum atomic E-state index is -4.69. The molecule has 0 atom stereocenters. The summed E-state index contributed by atoms with van der Waals surface area (Å²) >= 11 is 3.36. The van der Waals surface area contributed by atoms with Crippen molar-refractivity contribution in [2.75, 3.05) is 5.32 Å². The van der Waals surface area contributed by atoms with E-state index in [1.807, 2.05) is 18.2 Å². The number of H-pyrrole nitrogens is 1. The van der Waals surface area contributed by atoms with E-state index in [4.69, 9.17) is 0 Å². The van der Waals surface area contributed by atoms with Crippen LogP contribution in [0, 0.1) is 0 Å². The van der Waals surface area contributed by atoms with Gasteiger partial charge in [0.25, 0.3) is 0 Å². The normalized spacial score (nSPS) is 11.6. The number of nitrogens with one attached hydrogen (secondary N) is 2. The van der Waals surface area contributed by atoms with Crippen molar-refractivity contribution in [1.82, 2.24) is 9.97 Å². The summed E-state index contributed by atoms with van der Waals surface area (Å²) in [6.07, 6.45) is -4.69. The number of halogens is 4. The number of alkyl halides is 3. The highest BCUT2D eigenvalue weighted by Crippen LogP contribution is 2.26. The van der Waals surface area contributed by atoms with E-state index in [0.717, 1.165) is 15.5 Å². The van der Waals surface area contributed by atoms with Gasteiger partial charge in [-0.2, -0.15) is 0 Å². The van der Waals surface area contributed by atoms with E-state index in [1.165, 1.54) is 24.3 Å². The van der Waals surface area contributed by atoms with E-state index in [2.05, 4.69) is 36.0 Å². The number of anilines is 2. The molecule has 0 aliphatic heterocycles. The lowest BCUT2D eigenvalue weighted by Gasteiger charge is -2.09. The summed E-state index contributed by atoms with van der Waals surface area (Å²) in [5.41, 5.74) is 2.21. The predicted octanol–water partition coefficient (Wildman–Crippen LogP) is 4.97. The Morgan fingerprint density at radius 3 is 2.50 bits per heavy atom. The third kappa shape index (κ3) is 3.51. The molecule has 0 spiro atoms. The molecule has 0 bridgehead atoms. The summed E-state index contributed by atoms with van der Waals surface area (Å²) in [5.74, 6) is 0.226. The van der Waals surface area contributed by atoms with E-state index < -0.39 is 6.36 Å². The summed E-state index contributed by atoms with van der Waals surface area (Å²) in [6, 6.07) is 11.0. The van der Waals surface area contributed by atoms with Crippen molar-refractivity contribution in [2.45, 2.75) is 6.36 Å². The summed E-state index contributed by atoms with van der Waals surface area (Å²) < 4.78 is 41.0. The van der Waals surface area contributed by atoms with Gasteiger partial charge in [-0.15, -0.1) is 13.2 Å². The summed E-state index contributed by atoms with van der Waals surface area (Å²) in [4.78, 5) is 7.41. The zero-order valence-corrected chi connectivity index (χ0v) is 12.5. The lowest BCUT2D eigenvalue weighted by molar-refractivity contribution is -0.274. The number of aromatic amines is 1. The predicted molar refractivity (Wildman–Crippen MR) is 80.2 cm³/mol. The van der Waals surface area contributed by atoms with Crippen molar-refractivity contribution in [2.24, 2.45) is 0 Å². The van der Waals surface area contributed by atoms with Gasteiger partial charge in [0.15, 0.2) is 0 Å². The Morgan fingerprint density at radius 1 is 1.09 bits per heavy atom. The zero-order valence-electron chi connectivity index (χ0n) is 10.9. The Kier molecular flexibility index (Phi) is 3.69. The minimum Gasteiger partial charge on any atom is -0.406 e. The fourth-order valence-corrected chi connectivity index (χ4v) is 2.26.